The second kappa shape index (κ2) is 6.10. The number of fused-ring (bicyclic) bond motifs is 1. The lowest BCUT2D eigenvalue weighted by Gasteiger charge is -2.39. The molecular weight excluding hydrogens is 389 g/mol. The first kappa shape index (κ1) is 16.8. The quantitative estimate of drug-likeness (QED) is 0.721. The zero-order valence-electron chi connectivity index (χ0n) is 14.6. The molecular formula is C17H17Cl2N7O. The normalized spacial score (nSPS) is 17.4. The third-order valence-corrected chi connectivity index (χ3v) is 5.66. The number of hydrogen-bond acceptors (Lipinski definition) is 5. The highest BCUT2D eigenvalue weighted by atomic mass is 35.5. The van der Waals surface area contributed by atoms with Crippen molar-refractivity contribution in [1.82, 2.24) is 29.2 Å². The third-order valence-electron chi connectivity index (χ3n) is 5.08. The van der Waals surface area contributed by atoms with E-state index in [0.717, 1.165) is 23.9 Å². The van der Waals surface area contributed by atoms with Gasteiger partial charge >= 0.3 is 0 Å². The van der Waals surface area contributed by atoms with E-state index in [-0.39, 0.29) is 17.9 Å². The molecule has 1 N–H and O–H groups in total. The van der Waals surface area contributed by atoms with E-state index in [1.165, 1.54) is 0 Å². The van der Waals surface area contributed by atoms with E-state index in [1.54, 1.807) is 17.1 Å². The van der Waals surface area contributed by atoms with Crippen molar-refractivity contribution in [3.05, 3.63) is 28.8 Å². The van der Waals surface area contributed by atoms with Crippen LogP contribution in [0.1, 0.15) is 18.9 Å². The molecule has 3 aromatic heterocycles. The van der Waals surface area contributed by atoms with Crippen molar-refractivity contribution < 1.29 is 4.79 Å². The molecule has 140 valence electrons. The maximum absolute atomic E-state index is 12.0. The van der Waals surface area contributed by atoms with Crippen molar-refractivity contribution in [2.45, 2.75) is 18.9 Å². The Balaban J connectivity index is 1.32. The van der Waals surface area contributed by atoms with E-state index in [4.69, 9.17) is 23.2 Å². The highest BCUT2D eigenvalue weighted by Crippen LogP contribution is 2.35. The molecule has 0 radical (unpaired) electrons. The summed E-state index contributed by atoms with van der Waals surface area (Å²) in [4.78, 5) is 22.7. The molecule has 5 rings (SSSR count). The number of halogens is 2. The van der Waals surface area contributed by atoms with Crippen LogP contribution in [0.2, 0.25) is 10.2 Å². The SMILES string of the molecule is Cn1cc(Cl)c2cnc(Nc3cn(C4CN(C(=O)C5CC5)C4)nc3Cl)nc21. The summed E-state index contributed by atoms with van der Waals surface area (Å²) in [6.45, 7) is 1.36. The van der Waals surface area contributed by atoms with Crippen LogP contribution in [-0.4, -0.2) is 48.2 Å². The average molecular weight is 406 g/mol. The van der Waals surface area contributed by atoms with Gasteiger partial charge in [-0.1, -0.05) is 23.2 Å². The molecule has 1 aliphatic heterocycles. The monoisotopic (exact) mass is 405 g/mol. The van der Waals surface area contributed by atoms with Crippen molar-refractivity contribution in [1.29, 1.82) is 0 Å². The second-order valence-corrected chi connectivity index (χ2v) is 7.89. The van der Waals surface area contributed by atoms with Crippen LogP contribution in [0.5, 0.6) is 0 Å². The van der Waals surface area contributed by atoms with E-state index in [1.807, 2.05) is 22.7 Å². The number of aryl methyl sites for hydroxylation is 1. The minimum absolute atomic E-state index is 0.149. The molecule has 1 aliphatic carbocycles. The molecule has 1 saturated carbocycles. The molecule has 10 heteroatoms. The molecule has 1 saturated heterocycles. The van der Waals surface area contributed by atoms with E-state index in [0.29, 0.717) is 34.9 Å². The number of carbonyl (C=O) groups excluding carboxylic acids is 1. The van der Waals surface area contributed by atoms with Gasteiger partial charge in [0.25, 0.3) is 0 Å². The van der Waals surface area contributed by atoms with Crippen molar-refractivity contribution in [3.63, 3.8) is 0 Å². The summed E-state index contributed by atoms with van der Waals surface area (Å²) in [6, 6.07) is 0.149. The van der Waals surface area contributed by atoms with Gasteiger partial charge in [-0.3, -0.25) is 9.48 Å². The summed E-state index contributed by atoms with van der Waals surface area (Å²) < 4.78 is 3.65. The van der Waals surface area contributed by atoms with Crippen LogP contribution in [0.3, 0.4) is 0 Å². The van der Waals surface area contributed by atoms with Gasteiger partial charge in [0, 0.05) is 38.4 Å². The van der Waals surface area contributed by atoms with Gasteiger partial charge < -0.3 is 14.8 Å². The smallest absolute Gasteiger partial charge is 0.229 e. The lowest BCUT2D eigenvalue weighted by Crippen LogP contribution is -2.51. The van der Waals surface area contributed by atoms with E-state index < -0.39 is 0 Å². The number of nitrogens with zero attached hydrogens (tertiary/aromatic N) is 6. The van der Waals surface area contributed by atoms with Gasteiger partial charge in [-0.05, 0) is 12.8 Å². The number of anilines is 2. The standard InChI is InChI=1S/C17H17Cl2N7O/c1-24-7-12(18)11-4-20-17(22-15(11)24)21-13-8-26(23-14(13)19)10-5-25(6-10)16(27)9-2-3-9/h4,7-10H,2-3,5-6H2,1H3,(H,20,21,22). The molecule has 2 aliphatic rings. The van der Waals surface area contributed by atoms with Gasteiger partial charge in [0.15, 0.2) is 5.15 Å². The van der Waals surface area contributed by atoms with Crippen LogP contribution < -0.4 is 5.32 Å². The first-order valence-corrected chi connectivity index (χ1v) is 9.53. The van der Waals surface area contributed by atoms with E-state index >= 15 is 0 Å². The molecule has 3 aromatic rings. The Hall–Kier alpha value is -2.32. The molecule has 0 spiro atoms. The number of rotatable bonds is 4. The van der Waals surface area contributed by atoms with Gasteiger partial charge in [-0.2, -0.15) is 10.1 Å². The third kappa shape index (κ3) is 2.93. The maximum Gasteiger partial charge on any atom is 0.229 e. The highest BCUT2D eigenvalue weighted by Gasteiger charge is 2.40. The van der Waals surface area contributed by atoms with Gasteiger partial charge in [0.1, 0.15) is 5.65 Å². The van der Waals surface area contributed by atoms with E-state index in [2.05, 4.69) is 20.4 Å². The molecule has 27 heavy (non-hydrogen) atoms. The predicted octanol–water partition coefficient (Wildman–Crippen LogP) is 3.01. The number of amides is 1. The Kier molecular flexibility index (Phi) is 3.80. The first-order valence-electron chi connectivity index (χ1n) is 8.77. The van der Waals surface area contributed by atoms with Gasteiger partial charge in [0.05, 0.1) is 28.3 Å². The number of aromatic nitrogens is 5. The molecule has 0 bridgehead atoms. The van der Waals surface area contributed by atoms with Crippen molar-refractivity contribution in [2.75, 3.05) is 18.4 Å². The summed E-state index contributed by atoms with van der Waals surface area (Å²) in [5, 5.41) is 9.23. The fraction of sp³-hybridized carbons (Fsp3) is 0.412. The Morgan fingerprint density at radius 1 is 1.26 bits per heavy atom. The largest absolute Gasteiger partial charge is 0.338 e. The van der Waals surface area contributed by atoms with Crippen LogP contribution in [-0.2, 0) is 11.8 Å². The minimum atomic E-state index is 0.149. The Morgan fingerprint density at radius 3 is 2.78 bits per heavy atom. The van der Waals surface area contributed by atoms with Crippen LogP contribution in [0.25, 0.3) is 11.0 Å². The van der Waals surface area contributed by atoms with Gasteiger partial charge in [-0.15, -0.1) is 0 Å². The summed E-state index contributed by atoms with van der Waals surface area (Å²) in [5.41, 5.74) is 1.36. The minimum Gasteiger partial charge on any atom is -0.338 e. The van der Waals surface area contributed by atoms with Crippen LogP contribution in [0, 0.1) is 5.92 Å². The average Bonchev–Trinajstić information content (AvgIpc) is 3.33. The van der Waals surface area contributed by atoms with E-state index in [9.17, 15) is 4.79 Å². The molecule has 8 nitrogen and oxygen atoms in total. The molecule has 0 unspecified atom stereocenters. The number of hydrogen-bond donors (Lipinski definition) is 1. The Labute approximate surface area is 165 Å². The van der Waals surface area contributed by atoms with Crippen molar-refractivity contribution >= 4 is 51.8 Å². The second-order valence-electron chi connectivity index (χ2n) is 7.13. The molecule has 4 heterocycles. The summed E-state index contributed by atoms with van der Waals surface area (Å²) in [5.74, 6) is 0.939. The molecule has 0 atom stereocenters. The number of nitrogens with one attached hydrogen (secondary N) is 1. The Morgan fingerprint density at radius 2 is 2.04 bits per heavy atom. The van der Waals surface area contributed by atoms with Crippen molar-refractivity contribution in [3.8, 4) is 0 Å². The predicted molar refractivity (Wildman–Crippen MR) is 102 cm³/mol. The zero-order chi connectivity index (χ0) is 18.7. The van der Waals surface area contributed by atoms with Crippen molar-refractivity contribution in [2.24, 2.45) is 13.0 Å². The molecule has 0 aromatic carbocycles. The lowest BCUT2D eigenvalue weighted by atomic mass is 10.1. The summed E-state index contributed by atoms with van der Waals surface area (Å²) >= 11 is 12.4. The molecule has 2 fully saturated rings. The van der Waals surface area contributed by atoms with Crippen LogP contribution in [0.15, 0.2) is 18.6 Å². The maximum atomic E-state index is 12.0. The fourth-order valence-corrected chi connectivity index (χ4v) is 3.79. The topological polar surface area (TPSA) is 80.9 Å². The van der Waals surface area contributed by atoms with Gasteiger partial charge in [-0.25, -0.2) is 4.98 Å². The van der Waals surface area contributed by atoms with Gasteiger partial charge in [0.2, 0.25) is 11.9 Å². The number of likely N-dealkylation sites (tertiary alicyclic amines) is 1. The fourth-order valence-electron chi connectivity index (χ4n) is 3.32. The lowest BCUT2D eigenvalue weighted by molar-refractivity contribution is -0.138. The zero-order valence-corrected chi connectivity index (χ0v) is 16.1. The molecule has 1 amide bonds. The van der Waals surface area contributed by atoms with Crippen LogP contribution in [0.4, 0.5) is 11.6 Å². The highest BCUT2D eigenvalue weighted by molar-refractivity contribution is 6.35. The number of carbonyl (C=O) groups is 1. The first-order chi connectivity index (χ1) is 13.0. The van der Waals surface area contributed by atoms with Crippen LogP contribution >= 0.6 is 23.2 Å². The Bertz CT molecular complexity index is 1050. The summed E-state index contributed by atoms with van der Waals surface area (Å²) in [7, 11) is 1.88. The summed E-state index contributed by atoms with van der Waals surface area (Å²) in [6.07, 6.45) is 7.35.